The van der Waals surface area contributed by atoms with E-state index in [4.69, 9.17) is 4.74 Å². The van der Waals surface area contributed by atoms with Crippen molar-refractivity contribution < 1.29 is 9.53 Å². The molecular formula is C10H18N2O2. The Morgan fingerprint density at radius 3 is 2.86 bits per heavy atom. The van der Waals surface area contributed by atoms with Crippen molar-refractivity contribution in [3.63, 3.8) is 0 Å². The van der Waals surface area contributed by atoms with Crippen LogP contribution >= 0.6 is 0 Å². The predicted molar refractivity (Wildman–Crippen MR) is 53.0 cm³/mol. The number of rotatable bonds is 3. The van der Waals surface area contributed by atoms with E-state index in [9.17, 15) is 4.79 Å². The number of ether oxygens (including phenoxy) is 1. The minimum absolute atomic E-state index is 0.106. The molecule has 14 heavy (non-hydrogen) atoms. The second-order valence-electron chi connectivity index (χ2n) is 4.34. The van der Waals surface area contributed by atoms with Gasteiger partial charge in [-0.3, -0.25) is 9.69 Å². The highest BCUT2D eigenvalue weighted by Gasteiger charge is 2.35. The lowest BCUT2D eigenvalue weighted by Crippen LogP contribution is -2.44. The van der Waals surface area contributed by atoms with E-state index in [1.807, 2.05) is 14.1 Å². The number of carbonyl (C=O) groups is 1. The number of hydrogen-bond donors (Lipinski definition) is 0. The van der Waals surface area contributed by atoms with E-state index in [1.165, 1.54) is 0 Å². The van der Waals surface area contributed by atoms with E-state index >= 15 is 0 Å². The Hall–Kier alpha value is -0.610. The van der Waals surface area contributed by atoms with Crippen molar-refractivity contribution in [3.8, 4) is 0 Å². The Morgan fingerprint density at radius 1 is 1.57 bits per heavy atom. The van der Waals surface area contributed by atoms with Gasteiger partial charge < -0.3 is 9.64 Å². The molecule has 2 atom stereocenters. The van der Waals surface area contributed by atoms with Gasteiger partial charge in [0.1, 0.15) is 0 Å². The monoisotopic (exact) mass is 198 g/mol. The third kappa shape index (κ3) is 2.07. The van der Waals surface area contributed by atoms with E-state index in [-0.39, 0.29) is 11.9 Å². The SMILES string of the molecule is CN(C)C(=O)[C@@H]1CCCN1C[C@H]1CO1. The maximum atomic E-state index is 11.8. The van der Waals surface area contributed by atoms with Crippen LogP contribution in [0.15, 0.2) is 0 Å². The Morgan fingerprint density at radius 2 is 2.29 bits per heavy atom. The van der Waals surface area contributed by atoms with Gasteiger partial charge in [-0.1, -0.05) is 0 Å². The van der Waals surface area contributed by atoms with Crippen molar-refractivity contribution in [1.29, 1.82) is 0 Å². The standard InChI is InChI=1S/C10H18N2O2/c1-11(2)10(13)9-4-3-5-12(9)6-8-7-14-8/h8-9H,3-7H2,1-2H3/t8-,9-/m0/s1. The van der Waals surface area contributed by atoms with Crippen molar-refractivity contribution in [2.45, 2.75) is 25.0 Å². The number of amides is 1. The van der Waals surface area contributed by atoms with E-state index in [0.717, 1.165) is 32.5 Å². The first kappa shape index (κ1) is 9.93. The third-order valence-electron chi connectivity index (χ3n) is 2.93. The zero-order chi connectivity index (χ0) is 10.1. The van der Waals surface area contributed by atoms with Crippen LogP contribution in [0.2, 0.25) is 0 Å². The van der Waals surface area contributed by atoms with Crippen LogP contribution in [-0.4, -0.2) is 61.6 Å². The van der Waals surface area contributed by atoms with Crippen LogP contribution in [0.5, 0.6) is 0 Å². The molecule has 2 heterocycles. The minimum atomic E-state index is 0.106. The molecule has 0 aromatic heterocycles. The number of nitrogens with zero attached hydrogens (tertiary/aromatic N) is 2. The maximum Gasteiger partial charge on any atom is 0.239 e. The van der Waals surface area contributed by atoms with E-state index in [1.54, 1.807) is 4.90 Å². The maximum absolute atomic E-state index is 11.8. The summed E-state index contributed by atoms with van der Waals surface area (Å²) in [6.45, 7) is 2.85. The molecule has 0 saturated carbocycles. The Balaban J connectivity index is 1.91. The van der Waals surface area contributed by atoms with Crippen LogP contribution in [0.4, 0.5) is 0 Å². The molecule has 2 rings (SSSR count). The molecule has 2 aliphatic heterocycles. The van der Waals surface area contributed by atoms with Crippen LogP contribution < -0.4 is 0 Å². The fraction of sp³-hybridized carbons (Fsp3) is 0.900. The molecule has 0 radical (unpaired) electrons. The molecule has 1 amide bonds. The van der Waals surface area contributed by atoms with E-state index in [2.05, 4.69) is 4.90 Å². The van der Waals surface area contributed by atoms with Gasteiger partial charge in [0, 0.05) is 20.6 Å². The highest BCUT2D eigenvalue weighted by Crippen LogP contribution is 2.22. The van der Waals surface area contributed by atoms with Gasteiger partial charge in [0.25, 0.3) is 0 Å². The molecule has 0 aromatic carbocycles. The summed E-state index contributed by atoms with van der Waals surface area (Å²) in [5.41, 5.74) is 0. The largest absolute Gasteiger partial charge is 0.372 e. The third-order valence-corrected chi connectivity index (χ3v) is 2.93. The van der Waals surface area contributed by atoms with Gasteiger partial charge in [-0.2, -0.15) is 0 Å². The molecule has 0 aliphatic carbocycles. The van der Waals surface area contributed by atoms with Gasteiger partial charge in [-0.15, -0.1) is 0 Å². The molecule has 4 heteroatoms. The molecule has 0 spiro atoms. The summed E-state index contributed by atoms with van der Waals surface area (Å²) < 4.78 is 5.19. The predicted octanol–water partition coefficient (Wildman–Crippen LogP) is -0.0622. The van der Waals surface area contributed by atoms with Crippen molar-refractivity contribution in [3.05, 3.63) is 0 Å². The lowest BCUT2D eigenvalue weighted by molar-refractivity contribution is -0.133. The lowest BCUT2D eigenvalue weighted by Gasteiger charge is -2.25. The molecule has 2 fully saturated rings. The lowest BCUT2D eigenvalue weighted by atomic mass is 10.2. The average Bonchev–Trinajstić information content (AvgIpc) is 2.82. The van der Waals surface area contributed by atoms with Crippen molar-refractivity contribution in [2.75, 3.05) is 33.8 Å². The normalized spacial score (nSPS) is 31.9. The molecule has 80 valence electrons. The topological polar surface area (TPSA) is 36.1 Å². The highest BCUT2D eigenvalue weighted by molar-refractivity contribution is 5.81. The van der Waals surface area contributed by atoms with Crippen molar-refractivity contribution >= 4 is 5.91 Å². The fourth-order valence-corrected chi connectivity index (χ4v) is 2.06. The second kappa shape index (κ2) is 3.87. The fourth-order valence-electron chi connectivity index (χ4n) is 2.06. The van der Waals surface area contributed by atoms with Crippen LogP contribution in [0.1, 0.15) is 12.8 Å². The molecule has 2 saturated heterocycles. The van der Waals surface area contributed by atoms with Gasteiger partial charge in [0.2, 0.25) is 5.91 Å². The first-order valence-electron chi connectivity index (χ1n) is 5.25. The summed E-state index contributed by atoms with van der Waals surface area (Å²) in [5.74, 6) is 0.239. The molecule has 4 nitrogen and oxygen atoms in total. The van der Waals surface area contributed by atoms with Gasteiger partial charge in [-0.25, -0.2) is 0 Å². The Kier molecular flexibility index (Phi) is 2.74. The summed E-state index contributed by atoms with van der Waals surface area (Å²) in [6, 6.07) is 0.106. The second-order valence-corrected chi connectivity index (χ2v) is 4.34. The van der Waals surface area contributed by atoms with Crippen LogP contribution in [0.25, 0.3) is 0 Å². The van der Waals surface area contributed by atoms with Gasteiger partial charge in [0.15, 0.2) is 0 Å². The van der Waals surface area contributed by atoms with Crippen LogP contribution in [0.3, 0.4) is 0 Å². The van der Waals surface area contributed by atoms with Crippen LogP contribution in [0, 0.1) is 0 Å². The number of likely N-dealkylation sites (tertiary alicyclic amines) is 1. The first-order chi connectivity index (χ1) is 6.68. The number of epoxide rings is 1. The quantitative estimate of drug-likeness (QED) is 0.596. The molecule has 0 unspecified atom stereocenters. The summed E-state index contributed by atoms with van der Waals surface area (Å²) in [4.78, 5) is 15.8. The Bertz CT molecular complexity index is 226. The Labute approximate surface area is 84.8 Å². The van der Waals surface area contributed by atoms with Crippen LogP contribution in [-0.2, 0) is 9.53 Å². The number of hydrogen-bond acceptors (Lipinski definition) is 3. The zero-order valence-electron chi connectivity index (χ0n) is 8.90. The summed E-state index contributed by atoms with van der Waals surface area (Å²) in [5, 5.41) is 0. The van der Waals surface area contributed by atoms with Gasteiger partial charge >= 0.3 is 0 Å². The average molecular weight is 198 g/mol. The molecule has 0 N–H and O–H groups in total. The zero-order valence-corrected chi connectivity index (χ0v) is 8.90. The van der Waals surface area contributed by atoms with Gasteiger partial charge in [0.05, 0.1) is 18.8 Å². The summed E-state index contributed by atoms with van der Waals surface area (Å²) >= 11 is 0. The highest BCUT2D eigenvalue weighted by atomic mass is 16.6. The summed E-state index contributed by atoms with van der Waals surface area (Å²) in [6.07, 6.45) is 2.53. The number of likely N-dealkylation sites (N-methyl/N-ethyl adjacent to an activating group) is 1. The summed E-state index contributed by atoms with van der Waals surface area (Å²) in [7, 11) is 3.65. The molecule has 0 aromatic rings. The molecular weight excluding hydrogens is 180 g/mol. The first-order valence-corrected chi connectivity index (χ1v) is 5.25. The van der Waals surface area contributed by atoms with Crippen molar-refractivity contribution in [2.24, 2.45) is 0 Å². The molecule has 0 bridgehead atoms. The smallest absolute Gasteiger partial charge is 0.239 e. The van der Waals surface area contributed by atoms with E-state index < -0.39 is 0 Å². The minimum Gasteiger partial charge on any atom is -0.372 e. The van der Waals surface area contributed by atoms with Gasteiger partial charge in [-0.05, 0) is 19.4 Å². The van der Waals surface area contributed by atoms with E-state index in [0.29, 0.717) is 6.10 Å². The number of carbonyl (C=O) groups excluding carboxylic acids is 1. The molecule has 2 aliphatic rings. The van der Waals surface area contributed by atoms with Crippen molar-refractivity contribution in [1.82, 2.24) is 9.80 Å².